The molecule has 1 fully saturated rings. The van der Waals surface area contributed by atoms with Crippen LogP contribution in [0.4, 0.5) is 5.95 Å². The van der Waals surface area contributed by atoms with Crippen molar-refractivity contribution in [1.29, 1.82) is 0 Å². The van der Waals surface area contributed by atoms with Crippen LogP contribution < -0.4 is 14.2 Å². The molecule has 0 amide bonds. The molecular weight excluding hydrogens is 560 g/mol. The number of nitrogens with zero attached hydrogens (tertiary/aromatic N) is 5. The number of sulfonamides is 1. The predicted octanol–water partition coefficient (Wildman–Crippen LogP) is 3.48. The van der Waals surface area contributed by atoms with Crippen molar-refractivity contribution in [3.05, 3.63) is 47.3 Å². The molecule has 4 rings (SSSR count). The van der Waals surface area contributed by atoms with Crippen LogP contribution in [0.25, 0.3) is 5.69 Å². The average molecular weight is 589 g/mol. The number of aromatic nitrogens is 5. The molecular formula is C22H29ClN6O7S2. The first-order valence-corrected chi connectivity index (χ1v) is 15.2. The van der Waals surface area contributed by atoms with Crippen molar-refractivity contribution in [1.82, 2.24) is 24.7 Å². The van der Waals surface area contributed by atoms with Crippen molar-refractivity contribution in [3.63, 3.8) is 0 Å². The normalized spacial score (nSPS) is 19.5. The average Bonchev–Trinajstić information content (AvgIpc) is 3.46. The van der Waals surface area contributed by atoms with E-state index in [1.165, 1.54) is 45.2 Å². The quantitative estimate of drug-likeness (QED) is 0.316. The molecule has 3 atom stereocenters. The molecule has 13 nitrogen and oxygen atoms in total. The van der Waals surface area contributed by atoms with E-state index < -0.39 is 37.9 Å². The molecule has 3 aromatic rings. The lowest BCUT2D eigenvalue weighted by molar-refractivity contribution is 0.0950. The number of para-hydroxylation sites is 1. The maximum atomic E-state index is 13.6. The smallest absolute Gasteiger partial charge is 0.243 e. The fourth-order valence-corrected chi connectivity index (χ4v) is 7.30. The first kappa shape index (κ1) is 28.3. The van der Waals surface area contributed by atoms with Crippen molar-refractivity contribution in [3.8, 4) is 17.2 Å². The Kier molecular flexibility index (Phi) is 8.34. The van der Waals surface area contributed by atoms with Gasteiger partial charge < -0.3 is 14.2 Å². The summed E-state index contributed by atoms with van der Waals surface area (Å²) < 4.78 is 68.2. The minimum Gasteiger partial charge on any atom is -0.494 e. The number of ether oxygens (including phenoxy) is 3. The number of hydrogen-bond acceptors (Lipinski definition) is 11. The van der Waals surface area contributed by atoms with E-state index in [2.05, 4.69) is 24.9 Å². The van der Waals surface area contributed by atoms with Crippen LogP contribution in [0.5, 0.6) is 11.5 Å². The molecule has 1 saturated heterocycles. The SMILES string of the molecule is COc1cccc(OC)c1-n1c(NS(=O)(=O)[C@@H](C)[C@H](OC)c2ncc(Cl)cn2)nnc1C1CCS(O)(O)C1. The molecule has 1 aliphatic heterocycles. The molecule has 1 unspecified atom stereocenters. The second-order valence-corrected chi connectivity index (χ2v) is 13.5. The number of nitrogens with one attached hydrogen (secondary N) is 1. The first-order chi connectivity index (χ1) is 18.0. The number of benzene rings is 1. The molecule has 38 heavy (non-hydrogen) atoms. The molecule has 208 valence electrons. The van der Waals surface area contributed by atoms with Crippen LogP contribution in [0.2, 0.25) is 5.02 Å². The fraction of sp³-hybridized carbons (Fsp3) is 0.455. The molecule has 3 N–H and O–H groups in total. The van der Waals surface area contributed by atoms with E-state index in [1.54, 1.807) is 18.2 Å². The van der Waals surface area contributed by atoms with Crippen LogP contribution in [-0.2, 0) is 14.8 Å². The third kappa shape index (κ3) is 5.67. The summed E-state index contributed by atoms with van der Waals surface area (Å²) in [4.78, 5) is 8.20. The second-order valence-electron chi connectivity index (χ2n) is 8.65. The molecule has 16 heteroatoms. The van der Waals surface area contributed by atoms with E-state index in [0.717, 1.165) is 0 Å². The van der Waals surface area contributed by atoms with E-state index >= 15 is 0 Å². The Hall–Kier alpha value is -2.69. The van der Waals surface area contributed by atoms with Gasteiger partial charge in [-0.2, -0.15) is 10.6 Å². The van der Waals surface area contributed by atoms with Crippen molar-refractivity contribution in [2.75, 3.05) is 37.6 Å². The number of hydrogen-bond donors (Lipinski definition) is 3. The zero-order chi connectivity index (χ0) is 27.7. The van der Waals surface area contributed by atoms with E-state index in [4.69, 9.17) is 25.8 Å². The molecule has 0 saturated carbocycles. The Bertz CT molecular complexity index is 1370. The van der Waals surface area contributed by atoms with Crippen LogP contribution in [0.3, 0.4) is 0 Å². The number of anilines is 1. The van der Waals surface area contributed by atoms with Crippen molar-refractivity contribution >= 4 is 38.2 Å². The van der Waals surface area contributed by atoms with Crippen LogP contribution in [0.15, 0.2) is 30.6 Å². The number of methoxy groups -OCH3 is 3. The molecule has 1 aliphatic rings. The molecule has 0 spiro atoms. The van der Waals surface area contributed by atoms with Crippen LogP contribution >= 0.6 is 22.2 Å². The van der Waals surface area contributed by atoms with Gasteiger partial charge in [0, 0.05) is 36.9 Å². The van der Waals surface area contributed by atoms with Gasteiger partial charge in [0.2, 0.25) is 16.0 Å². The Balaban J connectivity index is 1.79. The summed E-state index contributed by atoms with van der Waals surface area (Å²) in [7, 11) is -2.67. The van der Waals surface area contributed by atoms with Gasteiger partial charge in [0.15, 0.2) is 5.82 Å². The van der Waals surface area contributed by atoms with Crippen molar-refractivity contribution in [2.45, 2.75) is 30.6 Å². The fourth-order valence-electron chi connectivity index (χ4n) is 4.28. The second kappa shape index (κ2) is 11.2. The van der Waals surface area contributed by atoms with E-state index in [-0.39, 0.29) is 23.3 Å². The highest BCUT2D eigenvalue weighted by atomic mass is 35.5. The van der Waals surface area contributed by atoms with E-state index in [9.17, 15) is 17.5 Å². The van der Waals surface area contributed by atoms with Crippen LogP contribution in [0.1, 0.15) is 37.0 Å². The molecule has 3 heterocycles. The van der Waals surface area contributed by atoms with Gasteiger partial charge >= 0.3 is 0 Å². The Morgan fingerprint density at radius 3 is 2.29 bits per heavy atom. The summed E-state index contributed by atoms with van der Waals surface area (Å²) >= 11 is 5.87. The minimum absolute atomic E-state index is 0.0748. The highest BCUT2D eigenvalue weighted by molar-refractivity contribution is 8.24. The van der Waals surface area contributed by atoms with Gasteiger partial charge in [0.1, 0.15) is 34.4 Å². The molecule has 0 bridgehead atoms. The molecule has 1 aromatic carbocycles. The predicted molar refractivity (Wildman–Crippen MR) is 143 cm³/mol. The Morgan fingerprint density at radius 1 is 1.13 bits per heavy atom. The largest absolute Gasteiger partial charge is 0.494 e. The summed E-state index contributed by atoms with van der Waals surface area (Å²) in [5.41, 5.74) is 0.357. The van der Waals surface area contributed by atoms with Crippen LogP contribution in [0, 0.1) is 0 Å². The lowest BCUT2D eigenvalue weighted by Gasteiger charge is -2.26. The highest BCUT2D eigenvalue weighted by Gasteiger charge is 2.38. The molecule has 2 aromatic heterocycles. The van der Waals surface area contributed by atoms with Gasteiger partial charge in [-0.05, 0) is 25.5 Å². The lowest BCUT2D eigenvalue weighted by atomic mass is 10.1. The minimum atomic E-state index is -4.17. The summed E-state index contributed by atoms with van der Waals surface area (Å²) in [5, 5.41) is 7.54. The first-order valence-electron chi connectivity index (χ1n) is 11.4. The standard InChI is InChI=1S/C22H29ClN6O7S2/c1-13(19(36-4)20-24-10-15(23)11-25-20)38(32,33)28-22-27-26-21(14-8-9-37(30,31)12-14)29(22)18-16(34-2)6-5-7-17(18)35-3/h5-7,10-11,13-14,19,30-31H,8-9,12H2,1-4H3,(H,27,28)/t13-,14?,19-/m0/s1. The summed E-state index contributed by atoms with van der Waals surface area (Å²) in [6.45, 7) is 1.45. The summed E-state index contributed by atoms with van der Waals surface area (Å²) in [6.07, 6.45) is 2.11. The third-order valence-corrected chi connectivity index (χ3v) is 9.95. The number of halogens is 1. The van der Waals surface area contributed by atoms with Gasteiger partial charge in [-0.25, -0.2) is 18.4 Å². The van der Waals surface area contributed by atoms with Gasteiger partial charge in [0.25, 0.3) is 0 Å². The monoisotopic (exact) mass is 588 g/mol. The van der Waals surface area contributed by atoms with E-state index in [0.29, 0.717) is 34.5 Å². The Labute approximate surface area is 226 Å². The lowest BCUT2D eigenvalue weighted by Crippen LogP contribution is -2.33. The summed E-state index contributed by atoms with van der Waals surface area (Å²) in [5.74, 6) is 0.963. The van der Waals surface area contributed by atoms with Gasteiger partial charge in [0.05, 0.1) is 19.2 Å². The number of rotatable bonds is 10. The van der Waals surface area contributed by atoms with E-state index in [1.807, 2.05) is 0 Å². The maximum absolute atomic E-state index is 13.6. The van der Waals surface area contributed by atoms with Crippen LogP contribution in [-0.4, -0.2) is 80.3 Å². The highest BCUT2D eigenvalue weighted by Crippen LogP contribution is 2.52. The molecule has 0 radical (unpaired) electrons. The van der Waals surface area contributed by atoms with Crippen molar-refractivity contribution < 1.29 is 31.7 Å². The maximum Gasteiger partial charge on any atom is 0.243 e. The Morgan fingerprint density at radius 2 is 1.76 bits per heavy atom. The zero-order valence-corrected chi connectivity index (χ0v) is 23.5. The molecule has 0 aliphatic carbocycles. The van der Waals surface area contributed by atoms with Gasteiger partial charge in [-0.15, -0.1) is 10.2 Å². The topological polar surface area (TPSA) is 171 Å². The third-order valence-electron chi connectivity index (χ3n) is 6.24. The van der Waals surface area contributed by atoms with Gasteiger partial charge in [-0.3, -0.25) is 18.4 Å². The zero-order valence-electron chi connectivity index (χ0n) is 21.1. The summed E-state index contributed by atoms with van der Waals surface area (Å²) in [6, 6.07) is 5.09. The van der Waals surface area contributed by atoms with Gasteiger partial charge in [-0.1, -0.05) is 17.7 Å². The van der Waals surface area contributed by atoms with Crippen molar-refractivity contribution in [2.24, 2.45) is 0 Å².